The standard InChI is InChI=1S/C23H20BN2O5S/c1-2-22-16-17(23(31-22,9-10-29-32-24)19-18(22)30-19)21(28)26(20(16)27)15-8-7-12(11-25)13-5-3-4-6-14(13)15/h3-8,18-19,24,27-28H,2,9-10H2,1H3/t18-,19+,22?,23?/m0/s1/i24T. The minimum absolute atomic E-state index is 0.0789. The van der Waals surface area contributed by atoms with Gasteiger partial charge in [-0.1, -0.05) is 43.1 Å². The predicted molar refractivity (Wildman–Crippen MR) is 120 cm³/mol. The van der Waals surface area contributed by atoms with Crippen LogP contribution in [0.15, 0.2) is 36.4 Å². The SMILES string of the molecule is [3H][B]SOCCC12OC(CC)(c3c1c(O)n(-c1ccc(C#N)c4ccccc14)c3O)[C@H]1O[C@H]12. The Balaban J connectivity index is 1.56. The van der Waals surface area contributed by atoms with Crippen LogP contribution >= 0.6 is 11.9 Å². The van der Waals surface area contributed by atoms with Crippen molar-refractivity contribution in [2.75, 3.05) is 6.61 Å². The fourth-order valence-electron chi connectivity index (χ4n) is 5.81. The molecule has 6 rings (SSSR count). The Hall–Kier alpha value is -2.64. The summed E-state index contributed by atoms with van der Waals surface area (Å²) in [5.74, 6) is -0.175. The van der Waals surface area contributed by atoms with Crippen LogP contribution in [0.1, 0.15) is 36.5 Å². The summed E-state index contributed by atoms with van der Waals surface area (Å²) in [7, 11) is 1.11. The van der Waals surface area contributed by atoms with Crippen molar-refractivity contribution in [2.45, 2.75) is 43.2 Å². The van der Waals surface area contributed by atoms with Gasteiger partial charge in [0, 0.05) is 17.2 Å². The van der Waals surface area contributed by atoms with Gasteiger partial charge in [0.15, 0.2) is 0 Å². The van der Waals surface area contributed by atoms with Gasteiger partial charge in [0.05, 0.1) is 35.1 Å². The number of nitrogens with zero attached hydrogens (tertiary/aromatic N) is 2. The Bertz CT molecular complexity index is 1340. The molecular formula is C23H20BN2O5S. The van der Waals surface area contributed by atoms with Gasteiger partial charge in [-0.15, -0.1) is 0 Å². The minimum atomic E-state index is -0.937. The summed E-state index contributed by atoms with van der Waals surface area (Å²) in [4.78, 5) is 0. The molecule has 32 heavy (non-hydrogen) atoms. The van der Waals surface area contributed by atoms with E-state index in [1.807, 2.05) is 31.2 Å². The van der Waals surface area contributed by atoms with Gasteiger partial charge >= 0.3 is 0 Å². The van der Waals surface area contributed by atoms with Crippen LogP contribution in [0.4, 0.5) is 0 Å². The Morgan fingerprint density at radius 1 is 1.19 bits per heavy atom. The first-order valence-electron chi connectivity index (χ1n) is 11.1. The lowest BCUT2D eigenvalue weighted by atomic mass is 9.76. The summed E-state index contributed by atoms with van der Waals surface area (Å²) >= 11 is 0.931. The highest BCUT2D eigenvalue weighted by Gasteiger charge is 2.80. The average molecular weight is 449 g/mol. The van der Waals surface area contributed by atoms with Gasteiger partial charge in [0.25, 0.3) is 0 Å². The van der Waals surface area contributed by atoms with Gasteiger partial charge < -0.3 is 23.9 Å². The van der Waals surface area contributed by atoms with Crippen LogP contribution in [0.3, 0.4) is 0 Å². The number of hydrogen-bond acceptors (Lipinski definition) is 7. The summed E-state index contributed by atoms with van der Waals surface area (Å²) in [6.07, 6.45) is 0.570. The average Bonchev–Trinajstić information content (AvgIpc) is 3.47. The van der Waals surface area contributed by atoms with Gasteiger partial charge in [0.2, 0.25) is 18.8 Å². The third-order valence-electron chi connectivity index (χ3n) is 7.15. The zero-order valence-electron chi connectivity index (χ0n) is 18.2. The lowest BCUT2D eigenvalue weighted by Crippen LogP contribution is -2.32. The van der Waals surface area contributed by atoms with Crippen molar-refractivity contribution < 1.29 is 23.9 Å². The molecular weight excluding hydrogens is 427 g/mol. The zero-order valence-corrected chi connectivity index (χ0v) is 18.1. The molecule has 3 aliphatic heterocycles. The molecule has 4 atom stereocenters. The highest BCUT2D eigenvalue weighted by atomic mass is 32.2. The molecule has 9 heteroatoms. The molecule has 0 aliphatic carbocycles. The number of nitriles is 1. The quantitative estimate of drug-likeness (QED) is 0.247. The van der Waals surface area contributed by atoms with Crippen molar-refractivity contribution in [3.8, 4) is 23.5 Å². The molecule has 3 aromatic rings. The number of ether oxygens (including phenoxy) is 2. The molecule has 2 unspecified atom stereocenters. The Morgan fingerprint density at radius 2 is 1.91 bits per heavy atom. The van der Waals surface area contributed by atoms with E-state index in [0.717, 1.165) is 29.8 Å². The summed E-state index contributed by atoms with van der Waals surface area (Å²) in [6.45, 7) is 2.27. The molecule has 2 aromatic carbocycles. The molecule has 7 nitrogen and oxygen atoms in total. The Morgan fingerprint density at radius 3 is 2.62 bits per heavy atom. The van der Waals surface area contributed by atoms with Crippen molar-refractivity contribution >= 4 is 29.8 Å². The molecule has 1 radical (unpaired) electrons. The summed E-state index contributed by atoms with van der Waals surface area (Å²) < 4.78 is 26.6. The number of hydrogen-bond donors (Lipinski definition) is 2. The molecule has 0 saturated carbocycles. The number of rotatable bonds is 7. The first kappa shape index (κ1) is 18.9. The van der Waals surface area contributed by atoms with Crippen LogP contribution in [-0.4, -0.2) is 42.0 Å². The van der Waals surface area contributed by atoms with Crippen LogP contribution in [0, 0.1) is 11.3 Å². The van der Waals surface area contributed by atoms with E-state index in [4.69, 9.17) is 15.0 Å². The number of aromatic nitrogens is 1. The van der Waals surface area contributed by atoms with Crippen LogP contribution < -0.4 is 0 Å². The first-order valence-corrected chi connectivity index (χ1v) is 11.3. The lowest BCUT2D eigenvalue weighted by molar-refractivity contribution is -0.157. The second-order valence-corrected chi connectivity index (χ2v) is 8.83. The van der Waals surface area contributed by atoms with Crippen molar-refractivity contribution in [1.29, 1.82) is 6.60 Å². The number of benzene rings is 2. The van der Waals surface area contributed by atoms with Crippen LogP contribution in [0.2, 0.25) is 0 Å². The molecule has 4 heterocycles. The van der Waals surface area contributed by atoms with Gasteiger partial charge in [-0.25, -0.2) is 0 Å². The molecule has 1 aromatic heterocycles. The Labute approximate surface area is 191 Å². The molecule has 3 aliphatic rings. The fraction of sp³-hybridized carbons (Fsp3) is 0.348. The third kappa shape index (κ3) is 2.23. The van der Waals surface area contributed by atoms with E-state index in [1.54, 1.807) is 12.1 Å². The maximum absolute atomic E-state index is 11.5. The highest BCUT2D eigenvalue weighted by Crippen LogP contribution is 2.73. The summed E-state index contributed by atoms with van der Waals surface area (Å²) in [5, 5.41) is 34.0. The van der Waals surface area contributed by atoms with Gasteiger partial charge in [-0.2, -0.15) is 5.26 Å². The summed E-state index contributed by atoms with van der Waals surface area (Å²) in [5.41, 5.74) is 0.429. The molecule has 0 amide bonds. The molecule has 2 saturated heterocycles. The van der Waals surface area contributed by atoms with E-state index in [1.165, 1.54) is 4.57 Å². The van der Waals surface area contributed by atoms with Gasteiger partial charge in [0.1, 0.15) is 23.4 Å². The van der Waals surface area contributed by atoms with Crippen molar-refractivity contribution in [3.05, 3.63) is 53.1 Å². The third-order valence-corrected chi connectivity index (χ3v) is 7.46. The lowest BCUT2D eigenvalue weighted by Gasteiger charge is -2.29. The number of aromatic hydroxyl groups is 2. The zero-order chi connectivity index (χ0) is 23.0. The second kappa shape index (κ2) is 6.69. The largest absolute Gasteiger partial charge is 0.494 e. The van der Waals surface area contributed by atoms with Gasteiger partial charge in [-0.05, 0) is 19.9 Å². The minimum Gasteiger partial charge on any atom is -0.494 e. The second-order valence-electron chi connectivity index (χ2n) is 8.40. The molecule has 2 bridgehead atoms. The van der Waals surface area contributed by atoms with Crippen molar-refractivity contribution in [2.24, 2.45) is 0 Å². The van der Waals surface area contributed by atoms with Crippen LogP contribution in [0.5, 0.6) is 11.8 Å². The molecule has 0 spiro atoms. The van der Waals surface area contributed by atoms with E-state index in [2.05, 4.69) is 6.07 Å². The van der Waals surface area contributed by atoms with Crippen LogP contribution in [0.25, 0.3) is 16.5 Å². The topological polar surface area (TPSA) is 100 Å². The Kier molecular flexibility index (Phi) is 3.95. The van der Waals surface area contributed by atoms with E-state index < -0.39 is 11.2 Å². The van der Waals surface area contributed by atoms with E-state index in [9.17, 15) is 15.5 Å². The number of epoxide rings is 1. The van der Waals surface area contributed by atoms with E-state index in [0.29, 0.717) is 35.2 Å². The highest BCUT2D eigenvalue weighted by molar-refractivity contribution is 8.15. The van der Waals surface area contributed by atoms with E-state index in [-0.39, 0.29) is 30.6 Å². The molecule has 161 valence electrons. The normalized spacial score (nSPS) is 29.4. The van der Waals surface area contributed by atoms with Crippen LogP contribution in [-0.2, 0) is 24.9 Å². The molecule has 2 fully saturated rings. The maximum Gasteiger partial charge on any atom is 0.209 e. The fourth-order valence-corrected chi connectivity index (χ4v) is 5.99. The molecule has 2 N–H and O–H groups in total. The van der Waals surface area contributed by atoms with Crippen molar-refractivity contribution in [1.82, 2.24) is 4.57 Å². The van der Waals surface area contributed by atoms with Crippen molar-refractivity contribution in [3.63, 3.8) is 0 Å². The predicted octanol–water partition coefficient (Wildman–Crippen LogP) is 3.40. The first-order chi connectivity index (χ1) is 16.0. The van der Waals surface area contributed by atoms with E-state index >= 15 is 0 Å². The monoisotopic (exact) mass is 449 g/mol. The van der Waals surface area contributed by atoms with Gasteiger partial charge in [-0.3, -0.25) is 4.57 Å². The number of fused-ring (bicyclic) bond motifs is 9. The summed E-state index contributed by atoms with van der Waals surface area (Å²) in [6, 6.07) is 13.1. The smallest absolute Gasteiger partial charge is 0.209 e. The maximum atomic E-state index is 11.5.